The van der Waals surface area contributed by atoms with Crippen molar-refractivity contribution in [3.63, 3.8) is 0 Å². The Morgan fingerprint density at radius 2 is 2.05 bits per heavy atom. The molecular formula is C15H16Cl2N2O3. The number of carbonyl (C=O) groups is 1. The van der Waals surface area contributed by atoms with E-state index in [4.69, 9.17) is 32.5 Å². The smallest absolute Gasteiger partial charge is 0.263 e. The number of nitrogens with zero attached hydrogens (tertiary/aromatic N) is 1. The molecule has 0 bridgehead atoms. The maximum atomic E-state index is 11.8. The summed E-state index contributed by atoms with van der Waals surface area (Å²) in [6.07, 6.45) is 0. The highest BCUT2D eigenvalue weighted by Crippen LogP contribution is 2.27. The molecule has 1 heterocycles. The topological polar surface area (TPSA) is 64.4 Å². The van der Waals surface area contributed by atoms with Gasteiger partial charge in [-0.25, -0.2) is 0 Å². The average Bonchev–Trinajstić information content (AvgIpc) is 2.86. The molecule has 0 radical (unpaired) electrons. The number of aromatic nitrogens is 1. The molecule has 0 spiro atoms. The van der Waals surface area contributed by atoms with Crippen molar-refractivity contribution in [2.24, 2.45) is 0 Å². The summed E-state index contributed by atoms with van der Waals surface area (Å²) in [7, 11) is 0. The minimum Gasteiger partial charge on any atom is -0.482 e. The lowest BCUT2D eigenvalue weighted by molar-refractivity contribution is -0.118. The maximum absolute atomic E-state index is 11.8. The summed E-state index contributed by atoms with van der Waals surface area (Å²) in [6, 6.07) is 6.47. The van der Waals surface area contributed by atoms with Crippen molar-refractivity contribution in [1.82, 2.24) is 5.16 Å². The highest BCUT2D eigenvalue weighted by molar-refractivity contribution is 6.35. The molecule has 1 N–H and O–H groups in total. The number of benzene rings is 1. The number of nitrogens with one attached hydrogen (secondary N) is 1. The summed E-state index contributed by atoms with van der Waals surface area (Å²) in [5.74, 6) is 1.06. The Kier molecular flexibility index (Phi) is 4.98. The minimum atomic E-state index is -0.361. The van der Waals surface area contributed by atoms with E-state index in [2.05, 4.69) is 10.5 Å². The van der Waals surface area contributed by atoms with Gasteiger partial charge in [0.05, 0.1) is 5.02 Å². The number of hydrogen-bond acceptors (Lipinski definition) is 4. The van der Waals surface area contributed by atoms with Gasteiger partial charge in [-0.2, -0.15) is 0 Å². The standard InChI is InChI=1S/C15H16Cl2N2O3/c1-15(2,3)12-7-13(19-22-12)18-14(20)8-21-11-5-4-9(16)6-10(11)17/h4-7H,8H2,1-3H3,(H,18,19,20). The second kappa shape index (κ2) is 6.58. The molecule has 0 unspecified atom stereocenters. The molecule has 0 fully saturated rings. The molecule has 5 nitrogen and oxygen atoms in total. The second-order valence-corrected chi connectivity index (χ2v) is 6.58. The van der Waals surface area contributed by atoms with Crippen LogP contribution in [0.5, 0.6) is 5.75 Å². The van der Waals surface area contributed by atoms with E-state index in [1.807, 2.05) is 20.8 Å². The molecule has 0 atom stereocenters. The van der Waals surface area contributed by atoms with Gasteiger partial charge in [-0.3, -0.25) is 4.79 Å². The summed E-state index contributed by atoms with van der Waals surface area (Å²) in [4.78, 5) is 11.8. The molecule has 7 heteroatoms. The van der Waals surface area contributed by atoms with Crippen molar-refractivity contribution in [2.75, 3.05) is 11.9 Å². The Bertz CT molecular complexity index is 678. The fourth-order valence-electron chi connectivity index (χ4n) is 1.60. The van der Waals surface area contributed by atoms with E-state index in [1.54, 1.807) is 24.3 Å². The average molecular weight is 343 g/mol. The van der Waals surface area contributed by atoms with E-state index in [0.717, 1.165) is 0 Å². The van der Waals surface area contributed by atoms with E-state index < -0.39 is 0 Å². The third-order valence-electron chi connectivity index (χ3n) is 2.77. The number of halogens is 2. The molecule has 0 aliphatic heterocycles. The van der Waals surface area contributed by atoms with Crippen molar-refractivity contribution in [2.45, 2.75) is 26.2 Å². The highest BCUT2D eigenvalue weighted by atomic mass is 35.5. The summed E-state index contributed by atoms with van der Waals surface area (Å²) >= 11 is 11.7. The van der Waals surface area contributed by atoms with Gasteiger partial charge < -0.3 is 14.6 Å². The van der Waals surface area contributed by atoms with Crippen LogP contribution in [-0.2, 0) is 10.2 Å². The van der Waals surface area contributed by atoms with Crippen LogP contribution in [0.4, 0.5) is 5.82 Å². The molecule has 2 rings (SSSR count). The zero-order valence-electron chi connectivity index (χ0n) is 12.4. The Balaban J connectivity index is 1.92. The van der Waals surface area contributed by atoms with Gasteiger partial charge >= 0.3 is 0 Å². The molecule has 0 aliphatic rings. The van der Waals surface area contributed by atoms with Gasteiger partial charge in [0.15, 0.2) is 12.4 Å². The predicted molar refractivity (Wildman–Crippen MR) is 85.8 cm³/mol. The zero-order chi connectivity index (χ0) is 16.3. The molecule has 118 valence electrons. The van der Waals surface area contributed by atoms with Crippen LogP contribution >= 0.6 is 23.2 Å². The molecule has 1 aromatic heterocycles. The summed E-state index contributed by atoms with van der Waals surface area (Å²) in [6.45, 7) is 5.78. The number of hydrogen-bond donors (Lipinski definition) is 1. The number of carbonyl (C=O) groups excluding carboxylic acids is 1. The van der Waals surface area contributed by atoms with Crippen LogP contribution in [0.1, 0.15) is 26.5 Å². The van der Waals surface area contributed by atoms with E-state index in [9.17, 15) is 4.79 Å². The van der Waals surface area contributed by atoms with Gasteiger partial charge in [0, 0.05) is 16.5 Å². The maximum Gasteiger partial charge on any atom is 0.263 e. The van der Waals surface area contributed by atoms with E-state index in [-0.39, 0.29) is 17.9 Å². The first kappa shape index (κ1) is 16.6. The van der Waals surface area contributed by atoms with Crippen LogP contribution < -0.4 is 10.1 Å². The van der Waals surface area contributed by atoms with Gasteiger partial charge in [-0.05, 0) is 18.2 Å². The van der Waals surface area contributed by atoms with Crippen LogP contribution in [-0.4, -0.2) is 17.7 Å². The van der Waals surface area contributed by atoms with E-state index >= 15 is 0 Å². The SMILES string of the molecule is CC(C)(C)c1cc(NC(=O)COc2ccc(Cl)cc2Cl)no1. The Morgan fingerprint density at radius 3 is 2.64 bits per heavy atom. The summed E-state index contributed by atoms with van der Waals surface area (Å²) in [5.41, 5.74) is -0.177. The van der Waals surface area contributed by atoms with Crippen LogP contribution in [0.15, 0.2) is 28.8 Å². The highest BCUT2D eigenvalue weighted by Gasteiger charge is 2.20. The fraction of sp³-hybridized carbons (Fsp3) is 0.333. The lowest BCUT2D eigenvalue weighted by atomic mass is 9.93. The molecule has 22 heavy (non-hydrogen) atoms. The van der Waals surface area contributed by atoms with Crippen molar-refractivity contribution < 1.29 is 14.1 Å². The summed E-state index contributed by atoms with van der Waals surface area (Å²) < 4.78 is 10.5. The molecule has 0 saturated heterocycles. The molecule has 0 saturated carbocycles. The van der Waals surface area contributed by atoms with Crippen molar-refractivity contribution in [3.05, 3.63) is 40.1 Å². The molecule has 0 aliphatic carbocycles. The van der Waals surface area contributed by atoms with Crippen LogP contribution in [0.2, 0.25) is 10.0 Å². The van der Waals surface area contributed by atoms with Crippen molar-refractivity contribution >= 4 is 34.9 Å². The Hall–Kier alpha value is -1.72. The predicted octanol–water partition coefficient (Wildman–Crippen LogP) is 4.30. The Labute approximate surface area is 138 Å². The van der Waals surface area contributed by atoms with Gasteiger partial charge in [-0.1, -0.05) is 49.1 Å². The summed E-state index contributed by atoms with van der Waals surface area (Å²) in [5, 5.41) is 7.24. The lowest BCUT2D eigenvalue weighted by Gasteiger charge is -2.12. The second-order valence-electron chi connectivity index (χ2n) is 5.74. The number of amides is 1. The van der Waals surface area contributed by atoms with Crippen LogP contribution in [0, 0.1) is 0 Å². The Morgan fingerprint density at radius 1 is 1.32 bits per heavy atom. The van der Waals surface area contributed by atoms with Gasteiger partial charge in [-0.15, -0.1) is 0 Å². The number of ether oxygens (including phenoxy) is 1. The van der Waals surface area contributed by atoms with Gasteiger partial charge in [0.2, 0.25) is 0 Å². The minimum absolute atomic E-state index is 0.177. The quantitative estimate of drug-likeness (QED) is 0.899. The van der Waals surface area contributed by atoms with Crippen molar-refractivity contribution in [1.29, 1.82) is 0 Å². The molecular weight excluding hydrogens is 327 g/mol. The zero-order valence-corrected chi connectivity index (χ0v) is 14.0. The third-order valence-corrected chi connectivity index (χ3v) is 3.30. The normalized spacial score (nSPS) is 11.3. The third kappa shape index (κ3) is 4.39. The van der Waals surface area contributed by atoms with E-state index in [1.165, 1.54) is 0 Å². The van der Waals surface area contributed by atoms with Gasteiger partial charge in [0.1, 0.15) is 11.5 Å². The molecule has 1 aromatic carbocycles. The van der Waals surface area contributed by atoms with Gasteiger partial charge in [0.25, 0.3) is 5.91 Å². The molecule has 2 aromatic rings. The van der Waals surface area contributed by atoms with Crippen LogP contribution in [0.3, 0.4) is 0 Å². The first-order chi connectivity index (χ1) is 10.3. The number of rotatable bonds is 4. The van der Waals surface area contributed by atoms with Crippen molar-refractivity contribution in [3.8, 4) is 5.75 Å². The number of anilines is 1. The first-order valence-electron chi connectivity index (χ1n) is 6.60. The lowest BCUT2D eigenvalue weighted by Crippen LogP contribution is -2.20. The van der Waals surface area contributed by atoms with Crippen LogP contribution in [0.25, 0.3) is 0 Å². The largest absolute Gasteiger partial charge is 0.482 e. The molecule has 1 amide bonds. The van der Waals surface area contributed by atoms with E-state index in [0.29, 0.717) is 27.4 Å². The monoisotopic (exact) mass is 342 g/mol. The first-order valence-corrected chi connectivity index (χ1v) is 7.36. The fourth-order valence-corrected chi connectivity index (χ4v) is 2.07.